The van der Waals surface area contributed by atoms with Crippen molar-refractivity contribution in [1.82, 2.24) is 14.2 Å². The topological polar surface area (TPSA) is 96.6 Å². The van der Waals surface area contributed by atoms with E-state index in [0.717, 1.165) is 23.0 Å². The number of pyridine rings is 1. The average molecular weight is 426 g/mol. The lowest BCUT2D eigenvalue weighted by molar-refractivity contribution is -0.384. The molecule has 2 heterocycles. The van der Waals surface area contributed by atoms with Crippen LogP contribution in [0, 0.1) is 10.1 Å². The molecular formula is C21H22N4O4S. The van der Waals surface area contributed by atoms with Gasteiger partial charge < -0.3 is 0 Å². The number of benzene rings is 2. The molecule has 1 aliphatic rings. The van der Waals surface area contributed by atoms with Gasteiger partial charge in [-0.2, -0.15) is 4.31 Å². The maximum Gasteiger partial charge on any atom is 0.269 e. The van der Waals surface area contributed by atoms with E-state index in [4.69, 9.17) is 0 Å². The van der Waals surface area contributed by atoms with Crippen molar-refractivity contribution in [3.8, 4) is 0 Å². The minimum Gasteiger partial charge on any atom is -0.296 e. The summed E-state index contributed by atoms with van der Waals surface area (Å²) in [5, 5.41) is 11.8. The Morgan fingerprint density at radius 1 is 0.967 bits per heavy atom. The minimum absolute atomic E-state index is 0.0484. The zero-order valence-corrected chi connectivity index (χ0v) is 17.2. The van der Waals surface area contributed by atoms with Crippen LogP contribution < -0.4 is 0 Å². The molecule has 0 saturated carbocycles. The smallest absolute Gasteiger partial charge is 0.269 e. The van der Waals surface area contributed by atoms with Crippen LogP contribution >= 0.6 is 0 Å². The molecule has 9 heteroatoms. The van der Waals surface area contributed by atoms with Gasteiger partial charge in [0, 0.05) is 56.4 Å². The summed E-state index contributed by atoms with van der Waals surface area (Å²) < 4.78 is 27.1. The zero-order valence-electron chi connectivity index (χ0n) is 16.3. The van der Waals surface area contributed by atoms with Crippen LogP contribution in [0.4, 0.5) is 5.69 Å². The van der Waals surface area contributed by atoms with E-state index in [1.807, 2.05) is 24.3 Å². The van der Waals surface area contributed by atoms with Gasteiger partial charge in [-0.1, -0.05) is 36.4 Å². The Hall–Kier alpha value is -2.88. The molecule has 0 unspecified atom stereocenters. The summed E-state index contributed by atoms with van der Waals surface area (Å²) in [6.45, 7) is 2.86. The summed E-state index contributed by atoms with van der Waals surface area (Å²) in [5.41, 5.74) is 2.61. The SMILES string of the molecule is O=[N+]([O-])c1ccc(CS(=O)(=O)N2CCN(Cc3cccc4cccnc34)CC2)cc1. The van der Waals surface area contributed by atoms with Crippen LogP contribution in [0.1, 0.15) is 11.1 Å². The lowest BCUT2D eigenvalue weighted by Gasteiger charge is -2.34. The first-order chi connectivity index (χ1) is 14.4. The molecule has 0 N–H and O–H groups in total. The van der Waals surface area contributed by atoms with Crippen molar-refractivity contribution in [3.05, 3.63) is 82.0 Å². The molecular weight excluding hydrogens is 404 g/mol. The average Bonchev–Trinajstić information content (AvgIpc) is 2.74. The fraction of sp³-hybridized carbons (Fsp3) is 0.286. The summed E-state index contributed by atoms with van der Waals surface area (Å²) in [6, 6.07) is 15.7. The van der Waals surface area contributed by atoms with E-state index < -0.39 is 14.9 Å². The van der Waals surface area contributed by atoms with E-state index in [2.05, 4.69) is 16.0 Å². The molecule has 30 heavy (non-hydrogen) atoms. The van der Waals surface area contributed by atoms with Crippen molar-refractivity contribution in [2.24, 2.45) is 0 Å². The van der Waals surface area contributed by atoms with Gasteiger partial charge in [0.25, 0.3) is 5.69 Å². The Morgan fingerprint density at radius 3 is 2.37 bits per heavy atom. The van der Waals surface area contributed by atoms with Crippen molar-refractivity contribution in [2.45, 2.75) is 12.3 Å². The van der Waals surface area contributed by atoms with E-state index in [0.29, 0.717) is 31.7 Å². The van der Waals surface area contributed by atoms with Crippen molar-refractivity contribution in [2.75, 3.05) is 26.2 Å². The van der Waals surface area contributed by atoms with Crippen molar-refractivity contribution in [3.63, 3.8) is 0 Å². The Morgan fingerprint density at radius 2 is 1.67 bits per heavy atom. The number of non-ortho nitro benzene ring substituents is 1. The highest BCUT2D eigenvalue weighted by Gasteiger charge is 2.27. The number of rotatable bonds is 6. The lowest BCUT2D eigenvalue weighted by atomic mass is 10.1. The first-order valence-corrected chi connectivity index (χ1v) is 11.3. The number of para-hydroxylation sites is 1. The van der Waals surface area contributed by atoms with Gasteiger partial charge in [-0.25, -0.2) is 8.42 Å². The van der Waals surface area contributed by atoms with Crippen molar-refractivity contribution < 1.29 is 13.3 Å². The highest BCUT2D eigenvalue weighted by atomic mass is 32.2. The second kappa shape index (κ2) is 8.47. The molecule has 0 bridgehead atoms. The minimum atomic E-state index is -3.48. The third kappa shape index (κ3) is 4.48. The number of nitrogens with zero attached hydrogens (tertiary/aromatic N) is 4. The van der Waals surface area contributed by atoms with Gasteiger partial charge in [0.2, 0.25) is 10.0 Å². The first kappa shape index (κ1) is 20.4. The maximum atomic E-state index is 12.8. The number of hydrogen-bond acceptors (Lipinski definition) is 6. The number of nitro benzene ring substituents is 1. The van der Waals surface area contributed by atoms with E-state index in [1.54, 1.807) is 6.20 Å². The van der Waals surface area contributed by atoms with Crippen LogP contribution in [0.15, 0.2) is 60.8 Å². The standard InChI is InChI=1S/C21H22N4O4S/c26-25(27)20-8-6-17(7-9-20)16-30(28,29)24-13-11-23(12-14-24)15-19-4-1-3-18-5-2-10-22-21(18)19/h1-10H,11-16H2. The molecule has 156 valence electrons. The highest BCUT2D eigenvalue weighted by Crippen LogP contribution is 2.20. The van der Waals surface area contributed by atoms with Gasteiger partial charge in [-0.15, -0.1) is 0 Å². The molecule has 3 aromatic rings. The van der Waals surface area contributed by atoms with Crippen LogP contribution in [0.3, 0.4) is 0 Å². The first-order valence-electron chi connectivity index (χ1n) is 9.68. The van der Waals surface area contributed by atoms with Gasteiger partial charge in [0.1, 0.15) is 0 Å². The largest absolute Gasteiger partial charge is 0.296 e. The van der Waals surface area contributed by atoms with E-state index in [9.17, 15) is 18.5 Å². The van der Waals surface area contributed by atoms with Crippen LogP contribution in [-0.4, -0.2) is 53.7 Å². The molecule has 2 aromatic carbocycles. The molecule has 0 amide bonds. The molecule has 4 rings (SSSR count). The van der Waals surface area contributed by atoms with E-state index in [-0.39, 0.29) is 11.4 Å². The highest BCUT2D eigenvalue weighted by molar-refractivity contribution is 7.88. The summed E-state index contributed by atoms with van der Waals surface area (Å²) in [6.07, 6.45) is 1.79. The summed E-state index contributed by atoms with van der Waals surface area (Å²) in [4.78, 5) is 17.0. The van der Waals surface area contributed by atoms with E-state index >= 15 is 0 Å². The van der Waals surface area contributed by atoms with Crippen LogP contribution in [-0.2, 0) is 22.3 Å². The predicted octanol–water partition coefficient (Wildman–Crippen LogP) is 2.79. The molecule has 0 atom stereocenters. The fourth-order valence-electron chi connectivity index (χ4n) is 3.72. The number of fused-ring (bicyclic) bond motifs is 1. The van der Waals surface area contributed by atoms with E-state index in [1.165, 1.54) is 28.6 Å². The molecule has 0 aliphatic carbocycles. The molecule has 1 aliphatic heterocycles. The number of sulfonamides is 1. The quantitative estimate of drug-likeness (QED) is 0.444. The molecule has 1 fully saturated rings. The molecule has 8 nitrogen and oxygen atoms in total. The summed E-state index contributed by atoms with van der Waals surface area (Å²) in [7, 11) is -3.48. The molecule has 0 radical (unpaired) electrons. The van der Waals surface area contributed by atoms with Gasteiger partial charge in [0.15, 0.2) is 0 Å². The maximum absolute atomic E-state index is 12.8. The van der Waals surface area contributed by atoms with Crippen LogP contribution in [0.2, 0.25) is 0 Å². The number of piperazine rings is 1. The summed E-state index contributed by atoms with van der Waals surface area (Å²) in [5.74, 6) is -0.155. The Balaban J connectivity index is 1.38. The van der Waals surface area contributed by atoms with Gasteiger partial charge in [0.05, 0.1) is 16.2 Å². The summed E-state index contributed by atoms with van der Waals surface area (Å²) >= 11 is 0. The monoisotopic (exact) mass is 426 g/mol. The number of nitro groups is 1. The Kier molecular flexibility index (Phi) is 5.76. The number of hydrogen-bond donors (Lipinski definition) is 0. The van der Waals surface area contributed by atoms with Gasteiger partial charge >= 0.3 is 0 Å². The van der Waals surface area contributed by atoms with Crippen molar-refractivity contribution in [1.29, 1.82) is 0 Å². The van der Waals surface area contributed by atoms with Gasteiger partial charge in [-0.05, 0) is 17.2 Å². The third-order valence-corrected chi connectivity index (χ3v) is 7.18. The lowest BCUT2D eigenvalue weighted by Crippen LogP contribution is -2.48. The second-order valence-corrected chi connectivity index (χ2v) is 9.32. The normalized spacial score (nSPS) is 16.0. The Bertz CT molecular complexity index is 1150. The molecule has 0 spiro atoms. The number of aromatic nitrogens is 1. The van der Waals surface area contributed by atoms with Crippen LogP contribution in [0.5, 0.6) is 0 Å². The van der Waals surface area contributed by atoms with Gasteiger partial charge in [-0.3, -0.25) is 20.0 Å². The second-order valence-electron chi connectivity index (χ2n) is 7.35. The fourth-order valence-corrected chi connectivity index (χ4v) is 5.23. The Labute approximate surface area is 175 Å². The molecule has 1 saturated heterocycles. The predicted molar refractivity (Wildman–Crippen MR) is 114 cm³/mol. The third-order valence-electron chi connectivity index (χ3n) is 5.33. The van der Waals surface area contributed by atoms with Crippen molar-refractivity contribution >= 4 is 26.6 Å². The zero-order chi connectivity index (χ0) is 21.1. The molecule has 1 aromatic heterocycles. The van der Waals surface area contributed by atoms with Crippen LogP contribution in [0.25, 0.3) is 10.9 Å².